The highest BCUT2D eigenvalue weighted by Crippen LogP contribution is 2.24. The average Bonchev–Trinajstić information content (AvgIpc) is 2.34. The molecular weight excluding hydrogens is 270 g/mol. The van der Waals surface area contributed by atoms with Crippen LogP contribution in [0.1, 0.15) is 34.1 Å². The fraction of sp³-hybridized carbons (Fsp3) is 0.733. The number of nitrogens with one attached hydrogen (secondary N) is 1. The summed E-state index contributed by atoms with van der Waals surface area (Å²) >= 11 is 1.83. The lowest BCUT2D eigenvalue weighted by molar-refractivity contribution is -0.113. The van der Waals surface area contributed by atoms with Crippen LogP contribution in [0, 0.1) is 5.41 Å². The van der Waals surface area contributed by atoms with Gasteiger partial charge in [-0.15, -0.1) is 0 Å². The van der Waals surface area contributed by atoms with Crippen molar-refractivity contribution in [1.82, 2.24) is 10.2 Å². The van der Waals surface area contributed by atoms with Crippen LogP contribution in [0.15, 0.2) is 16.4 Å². The van der Waals surface area contributed by atoms with Crippen LogP contribution >= 0.6 is 11.8 Å². The average molecular weight is 297 g/mol. The predicted octanol–water partition coefficient (Wildman–Crippen LogP) is 2.52. The molecule has 0 spiro atoms. The number of carbonyl (C=O) groups is 1. The molecule has 4 nitrogen and oxygen atoms in total. The summed E-state index contributed by atoms with van der Waals surface area (Å²) in [6, 6.07) is 0. The molecule has 5 heteroatoms. The van der Waals surface area contributed by atoms with E-state index >= 15 is 0 Å². The first-order valence-electron chi connectivity index (χ1n) is 7.04. The first-order valence-corrected chi connectivity index (χ1v) is 8.44. The molecule has 0 atom stereocenters. The standard InChI is InChI=1S/C15H27N3OS/c1-11(19)12-10-18(5)14(15(2,3)4)17-13(12)16-8-7-9-20-6/h16H,7-10H2,1-6H3. The molecule has 0 amide bonds. The van der Waals surface area contributed by atoms with Crippen LogP contribution in [-0.4, -0.2) is 48.7 Å². The second kappa shape index (κ2) is 7.16. The van der Waals surface area contributed by atoms with Crippen LogP contribution in [0.3, 0.4) is 0 Å². The maximum Gasteiger partial charge on any atom is 0.161 e. The summed E-state index contributed by atoms with van der Waals surface area (Å²) in [6.07, 6.45) is 3.18. The van der Waals surface area contributed by atoms with Crippen molar-refractivity contribution >= 4 is 23.4 Å². The molecule has 1 aliphatic heterocycles. The minimum absolute atomic E-state index is 0.0245. The third-order valence-corrected chi connectivity index (χ3v) is 3.87. The third-order valence-electron chi connectivity index (χ3n) is 3.17. The number of nitrogens with zero attached hydrogens (tertiary/aromatic N) is 2. The maximum atomic E-state index is 11.8. The second-order valence-electron chi connectivity index (χ2n) is 6.20. The molecule has 0 aromatic heterocycles. The third kappa shape index (κ3) is 4.54. The Morgan fingerprint density at radius 2 is 2.10 bits per heavy atom. The van der Waals surface area contributed by atoms with Gasteiger partial charge in [-0.05, 0) is 25.4 Å². The molecule has 0 aliphatic carbocycles. The van der Waals surface area contributed by atoms with Gasteiger partial charge >= 0.3 is 0 Å². The lowest BCUT2D eigenvalue weighted by Gasteiger charge is -2.35. The summed E-state index contributed by atoms with van der Waals surface area (Å²) in [7, 11) is 2.00. The molecule has 1 rings (SSSR count). The molecule has 0 aromatic rings. The van der Waals surface area contributed by atoms with Gasteiger partial charge in [-0.2, -0.15) is 11.8 Å². The summed E-state index contributed by atoms with van der Waals surface area (Å²) in [5.74, 6) is 3.00. The number of hydrogen-bond donors (Lipinski definition) is 1. The SMILES string of the molecule is CSCCCNC1=C(C(C)=O)CN(C)C(C(C)(C)C)=N1. The number of likely N-dealkylation sites (N-methyl/N-ethyl adjacent to an activating group) is 1. The van der Waals surface area contributed by atoms with Gasteiger partial charge in [-0.3, -0.25) is 4.79 Å². The molecule has 114 valence electrons. The Labute approximate surface area is 127 Å². The van der Waals surface area contributed by atoms with E-state index in [2.05, 4.69) is 37.2 Å². The Bertz CT molecular complexity index is 421. The van der Waals surface area contributed by atoms with Crippen molar-refractivity contribution in [3.63, 3.8) is 0 Å². The minimum Gasteiger partial charge on any atom is -0.370 e. The van der Waals surface area contributed by atoms with Crippen molar-refractivity contribution in [3.05, 3.63) is 11.4 Å². The van der Waals surface area contributed by atoms with E-state index in [1.807, 2.05) is 18.8 Å². The van der Waals surface area contributed by atoms with Crippen molar-refractivity contribution < 1.29 is 4.79 Å². The molecule has 0 unspecified atom stereocenters. The highest BCUT2D eigenvalue weighted by molar-refractivity contribution is 7.98. The topological polar surface area (TPSA) is 44.7 Å². The Morgan fingerprint density at radius 1 is 1.45 bits per heavy atom. The van der Waals surface area contributed by atoms with Crippen LogP contribution < -0.4 is 5.32 Å². The molecule has 1 aliphatic rings. The number of aliphatic imine (C=N–C) groups is 1. The molecular formula is C15H27N3OS. The smallest absolute Gasteiger partial charge is 0.161 e. The Hall–Kier alpha value is -0.970. The minimum atomic E-state index is -0.0245. The maximum absolute atomic E-state index is 11.8. The highest BCUT2D eigenvalue weighted by Gasteiger charge is 2.29. The molecule has 0 saturated heterocycles. The van der Waals surface area contributed by atoms with Crippen LogP contribution in [0.2, 0.25) is 0 Å². The summed E-state index contributed by atoms with van der Waals surface area (Å²) in [5, 5.41) is 3.34. The fourth-order valence-corrected chi connectivity index (χ4v) is 2.67. The Morgan fingerprint density at radius 3 is 2.60 bits per heavy atom. The predicted molar refractivity (Wildman–Crippen MR) is 88.2 cm³/mol. The van der Waals surface area contributed by atoms with Crippen molar-refractivity contribution in [2.24, 2.45) is 10.4 Å². The highest BCUT2D eigenvalue weighted by atomic mass is 32.2. The van der Waals surface area contributed by atoms with E-state index in [-0.39, 0.29) is 11.2 Å². The molecule has 0 saturated carbocycles. The van der Waals surface area contributed by atoms with E-state index in [0.29, 0.717) is 6.54 Å². The van der Waals surface area contributed by atoms with E-state index in [0.717, 1.165) is 35.9 Å². The summed E-state index contributed by atoms with van der Waals surface area (Å²) < 4.78 is 0. The Kier molecular flexibility index (Phi) is 6.11. The molecule has 0 aromatic carbocycles. The molecule has 0 fully saturated rings. The monoisotopic (exact) mass is 297 g/mol. The van der Waals surface area contributed by atoms with Crippen molar-refractivity contribution in [2.45, 2.75) is 34.1 Å². The van der Waals surface area contributed by atoms with E-state index in [1.54, 1.807) is 6.92 Å². The molecule has 0 bridgehead atoms. The van der Waals surface area contributed by atoms with E-state index in [9.17, 15) is 4.79 Å². The lowest BCUT2D eigenvalue weighted by Crippen LogP contribution is -2.43. The number of amidine groups is 1. The van der Waals surface area contributed by atoms with Crippen molar-refractivity contribution in [2.75, 3.05) is 32.1 Å². The summed E-state index contributed by atoms with van der Waals surface area (Å²) in [4.78, 5) is 18.6. The Balaban J connectivity index is 2.95. The second-order valence-corrected chi connectivity index (χ2v) is 7.18. The fourth-order valence-electron chi connectivity index (χ4n) is 2.23. The van der Waals surface area contributed by atoms with Crippen molar-refractivity contribution in [3.8, 4) is 0 Å². The van der Waals surface area contributed by atoms with E-state index in [1.165, 1.54) is 0 Å². The van der Waals surface area contributed by atoms with Crippen molar-refractivity contribution in [1.29, 1.82) is 0 Å². The van der Waals surface area contributed by atoms with Gasteiger partial charge in [0.05, 0.1) is 12.1 Å². The number of hydrogen-bond acceptors (Lipinski definition) is 5. The van der Waals surface area contributed by atoms with Gasteiger partial charge in [0.25, 0.3) is 0 Å². The van der Waals surface area contributed by atoms with Gasteiger partial charge in [-0.25, -0.2) is 4.99 Å². The first kappa shape index (κ1) is 17.1. The zero-order valence-electron chi connectivity index (χ0n) is 13.5. The quantitative estimate of drug-likeness (QED) is 0.765. The molecule has 1 heterocycles. The molecule has 0 radical (unpaired) electrons. The van der Waals surface area contributed by atoms with E-state index in [4.69, 9.17) is 4.99 Å². The van der Waals surface area contributed by atoms with Crippen LogP contribution in [0.5, 0.6) is 0 Å². The van der Waals surface area contributed by atoms with Gasteiger partial charge in [0.15, 0.2) is 5.78 Å². The largest absolute Gasteiger partial charge is 0.370 e. The van der Waals surface area contributed by atoms with Gasteiger partial charge in [0.1, 0.15) is 11.7 Å². The van der Waals surface area contributed by atoms with Gasteiger partial charge in [-0.1, -0.05) is 20.8 Å². The van der Waals surface area contributed by atoms with Crippen LogP contribution in [-0.2, 0) is 4.79 Å². The lowest BCUT2D eigenvalue weighted by atomic mass is 9.92. The summed E-state index contributed by atoms with van der Waals surface area (Å²) in [5.41, 5.74) is 0.758. The number of Topliss-reactive ketones (excluding diaryl/α,β-unsaturated/α-hetero) is 1. The van der Waals surface area contributed by atoms with Gasteiger partial charge < -0.3 is 10.2 Å². The van der Waals surface area contributed by atoms with E-state index < -0.39 is 0 Å². The summed E-state index contributed by atoms with van der Waals surface area (Å²) in [6.45, 7) is 9.55. The van der Waals surface area contributed by atoms with Crippen LogP contribution in [0.4, 0.5) is 0 Å². The van der Waals surface area contributed by atoms with Gasteiger partial charge in [0, 0.05) is 19.0 Å². The first-order chi connectivity index (χ1) is 9.27. The number of thioether (sulfide) groups is 1. The normalized spacial score (nSPS) is 16.3. The van der Waals surface area contributed by atoms with Crippen LogP contribution in [0.25, 0.3) is 0 Å². The number of rotatable bonds is 6. The number of carbonyl (C=O) groups excluding carboxylic acids is 1. The van der Waals surface area contributed by atoms with Gasteiger partial charge in [0.2, 0.25) is 0 Å². The molecule has 20 heavy (non-hydrogen) atoms. The zero-order chi connectivity index (χ0) is 15.3. The molecule has 1 N–H and O–H groups in total. The number of ketones is 1. The zero-order valence-corrected chi connectivity index (χ0v) is 14.4.